The number of rotatable bonds is 5. The summed E-state index contributed by atoms with van der Waals surface area (Å²) in [7, 11) is 0. The van der Waals surface area contributed by atoms with Crippen molar-refractivity contribution in [3.8, 4) is 0 Å². The second-order valence-corrected chi connectivity index (χ2v) is 2.30. The molecule has 1 atom stereocenters. The molecule has 72 valence electrons. The monoisotopic (exact) mass is 188 g/mol. The van der Waals surface area contributed by atoms with Gasteiger partial charge < -0.3 is 15.3 Å². The Hall–Kier alpha value is -1.69. The maximum absolute atomic E-state index is 10.8. The van der Waals surface area contributed by atoms with Crippen LogP contribution in [0.1, 0.15) is 6.42 Å². The Kier molecular flexibility index (Phi) is 3.32. The lowest BCUT2D eigenvalue weighted by Crippen LogP contribution is -2.47. The third-order valence-corrected chi connectivity index (χ3v) is 1.35. The highest BCUT2D eigenvalue weighted by molar-refractivity contribution is 6.13. The van der Waals surface area contributed by atoms with E-state index in [9.17, 15) is 14.4 Å². The molecular formula is C7H8O6. The van der Waals surface area contributed by atoms with Crippen LogP contribution in [0.5, 0.6) is 0 Å². The smallest absolute Gasteiger partial charge is 0.344 e. The van der Waals surface area contributed by atoms with E-state index in [1.165, 1.54) is 0 Å². The third-order valence-electron chi connectivity index (χ3n) is 1.35. The second kappa shape index (κ2) is 3.81. The van der Waals surface area contributed by atoms with Crippen LogP contribution in [-0.4, -0.2) is 38.6 Å². The number of carbonyl (C=O) groups is 3. The molecule has 0 spiro atoms. The van der Waals surface area contributed by atoms with E-state index >= 15 is 0 Å². The van der Waals surface area contributed by atoms with Crippen LogP contribution in [0.3, 0.4) is 0 Å². The summed E-state index contributed by atoms with van der Waals surface area (Å²) in [6.45, 7) is 2.95. The molecule has 0 fully saturated rings. The standard InChI is InChI=1S/C7H8O6/c1-2-4(8)7(13,6(11)12)3-5(9)10/h2,13H,1,3H2,(H,9,10)(H,11,12). The second-order valence-electron chi connectivity index (χ2n) is 2.30. The number of ketones is 1. The van der Waals surface area contributed by atoms with Gasteiger partial charge in [-0.2, -0.15) is 0 Å². The van der Waals surface area contributed by atoms with Crippen molar-refractivity contribution in [2.24, 2.45) is 0 Å². The number of hydrogen-bond acceptors (Lipinski definition) is 4. The van der Waals surface area contributed by atoms with E-state index in [1.54, 1.807) is 0 Å². The molecule has 0 aliphatic rings. The van der Waals surface area contributed by atoms with E-state index in [0.29, 0.717) is 6.08 Å². The maximum atomic E-state index is 10.8. The molecule has 0 rings (SSSR count). The minimum atomic E-state index is -2.91. The molecule has 0 heterocycles. The highest BCUT2D eigenvalue weighted by Crippen LogP contribution is 2.12. The van der Waals surface area contributed by atoms with Crippen LogP contribution in [0.15, 0.2) is 12.7 Å². The molecule has 3 N–H and O–H groups in total. The number of hydrogen-bond donors (Lipinski definition) is 3. The highest BCUT2D eigenvalue weighted by atomic mass is 16.4. The summed E-state index contributed by atoms with van der Waals surface area (Å²) in [6.07, 6.45) is -0.621. The average molecular weight is 188 g/mol. The van der Waals surface area contributed by atoms with Gasteiger partial charge in [0.05, 0.1) is 6.42 Å². The minimum Gasteiger partial charge on any atom is -0.481 e. The summed E-state index contributed by atoms with van der Waals surface area (Å²) in [5, 5.41) is 25.8. The van der Waals surface area contributed by atoms with Crippen molar-refractivity contribution < 1.29 is 29.7 Å². The first-order chi connectivity index (χ1) is 5.84. The lowest BCUT2D eigenvalue weighted by Gasteiger charge is -2.17. The van der Waals surface area contributed by atoms with Crippen LogP contribution in [0.4, 0.5) is 0 Å². The summed E-state index contributed by atoms with van der Waals surface area (Å²) >= 11 is 0. The lowest BCUT2D eigenvalue weighted by molar-refractivity contribution is -0.169. The van der Waals surface area contributed by atoms with Crippen molar-refractivity contribution in [1.82, 2.24) is 0 Å². The van der Waals surface area contributed by atoms with Gasteiger partial charge in [0.1, 0.15) is 0 Å². The van der Waals surface area contributed by atoms with Gasteiger partial charge in [-0.25, -0.2) is 4.79 Å². The Morgan fingerprint density at radius 2 is 1.77 bits per heavy atom. The molecule has 0 bridgehead atoms. The largest absolute Gasteiger partial charge is 0.481 e. The van der Waals surface area contributed by atoms with Crippen molar-refractivity contribution in [1.29, 1.82) is 0 Å². The van der Waals surface area contributed by atoms with E-state index in [-0.39, 0.29) is 0 Å². The molecule has 0 aliphatic heterocycles. The molecule has 6 nitrogen and oxygen atoms in total. The fraction of sp³-hybridized carbons (Fsp3) is 0.286. The topological polar surface area (TPSA) is 112 Å². The number of carbonyl (C=O) groups excluding carboxylic acids is 1. The van der Waals surface area contributed by atoms with Crippen LogP contribution >= 0.6 is 0 Å². The first-order valence-corrected chi connectivity index (χ1v) is 3.19. The van der Waals surface area contributed by atoms with E-state index < -0.39 is 29.7 Å². The fourth-order valence-corrected chi connectivity index (χ4v) is 0.656. The molecule has 0 radical (unpaired) electrons. The predicted molar refractivity (Wildman–Crippen MR) is 40.0 cm³/mol. The van der Waals surface area contributed by atoms with Crippen LogP contribution < -0.4 is 0 Å². The van der Waals surface area contributed by atoms with E-state index in [0.717, 1.165) is 0 Å². The van der Waals surface area contributed by atoms with Gasteiger partial charge >= 0.3 is 11.9 Å². The molecule has 13 heavy (non-hydrogen) atoms. The Balaban J connectivity index is 4.94. The molecule has 0 saturated heterocycles. The number of carboxylic acids is 2. The van der Waals surface area contributed by atoms with Gasteiger partial charge in [-0.05, 0) is 6.08 Å². The van der Waals surface area contributed by atoms with Crippen molar-refractivity contribution in [2.45, 2.75) is 12.0 Å². The Labute approximate surface area is 73.1 Å². The van der Waals surface area contributed by atoms with Gasteiger partial charge in [0.25, 0.3) is 0 Å². The molecule has 0 aromatic heterocycles. The summed E-state index contributed by atoms with van der Waals surface area (Å²) in [5.41, 5.74) is -2.91. The molecule has 0 aromatic carbocycles. The van der Waals surface area contributed by atoms with E-state index in [4.69, 9.17) is 15.3 Å². The van der Waals surface area contributed by atoms with Gasteiger partial charge in [-0.1, -0.05) is 6.58 Å². The average Bonchev–Trinajstić information content (AvgIpc) is 2.01. The lowest BCUT2D eigenvalue weighted by atomic mass is 9.94. The summed E-state index contributed by atoms with van der Waals surface area (Å²) in [5.74, 6) is -4.73. The van der Waals surface area contributed by atoms with Crippen molar-refractivity contribution >= 4 is 17.7 Å². The van der Waals surface area contributed by atoms with E-state index in [1.807, 2.05) is 0 Å². The fourth-order valence-electron chi connectivity index (χ4n) is 0.656. The number of aliphatic hydroxyl groups is 1. The van der Waals surface area contributed by atoms with E-state index in [2.05, 4.69) is 6.58 Å². The molecule has 6 heteroatoms. The zero-order valence-electron chi connectivity index (χ0n) is 6.56. The van der Waals surface area contributed by atoms with Crippen LogP contribution in [0, 0.1) is 0 Å². The number of aliphatic carboxylic acids is 2. The van der Waals surface area contributed by atoms with Gasteiger partial charge in [0.2, 0.25) is 5.60 Å². The normalized spacial score (nSPS) is 14.2. The first kappa shape index (κ1) is 11.3. The molecule has 0 aliphatic carbocycles. The zero-order valence-corrected chi connectivity index (χ0v) is 6.56. The zero-order chi connectivity index (χ0) is 10.6. The minimum absolute atomic E-state index is 0.567. The first-order valence-electron chi connectivity index (χ1n) is 3.19. The number of carboxylic acid groups (broad SMARTS) is 2. The van der Waals surface area contributed by atoms with Gasteiger partial charge in [0.15, 0.2) is 5.78 Å². The highest BCUT2D eigenvalue weighted by Gasteiger charge is 2.44. The summed E-state index contributed by atoms with van der Waals surface area (Å²) in [4.78, 5) is 31.3. The van der Waals surface area contributed by atoms with Gasteiger partial charge in [-0.15, -0.1) is 0 Å². The predicted octanol–water partition coefficient (Wildman–Crippen LogP) is -0.968. The van der Waals surface area contributed by atoms with Gasteiger partial charge in [-0.3, -0.25) is 9.59 Å². The molecule has 1 unspecified atom stereocenters. The Bertz CT molecular complexity index is 268. The molecule has 0 aromatic rings. The SMILES string of the molecule is C=CC(=O)C(O)(CC(=O)O)C(=O)O. The van der Waals surface area contributed by atoms with Crippen LogP contribution in [-0.2, 0) is 14.4 Å². The van der Waals surface area contributed by atoms with Crippen molar-refractivity contribution in [3.05, 3.63) is 12.7 Å². The van der Waals surface area contributed by atoms with Crippen molar-refractivity contribution in [2.75, 3.05) is 0 Å². The quantitative estimate of drug-likeness (QED) is 0.378. The summed E-state index contributed by atoms with van der Waals surface area (Å²) in [6, 6.07) is 0. The van der Waals surface area contributed by atoms with Crippen LogP contribution in [0.25, 0.3) is 0 Å². The maximum Gasteiger partial charge on any atom is 0.344 e. The third kappa shape index (κ3) is 2.38. The van der Waals surface area contributed by atoms with Crippen LogP contribution in [0.2, 0.25) is 0 Å². The molecule has 0 saturated carbocycles. The Morgan fingerprint density at radius 1 is 1.31 bits per heavy atom. The summed E-state index contributed by atoms with van der Waals surface area (Å²) < 4.78 is 0. The molecular weight excluding hydrogens is 180 g/mol. The molecule has 0 amide bonds. The Morgan fingerprint density at radius 3 is 2.00 bits per heavy atom. The van der Waals surface area contributed by atoms with Gasteiger partial charge in [0, 0.05) is 0 Å². The van der Waals surface area contributed by atoms with Crippen molar-refractivity contribution in [3.63, 3.8) is 0 Å².